The first-order valence-corrected chi connectivity index (χ1v) is 8.13. The van der Waals surface area contributed by atoms with Gasteiger partial charge in [0.1, 0.15) is 5.82 Å². The molecule has 0 unspecified atom stereocenters. The normalized spacial score (nSPS) is 11.2. The highest BCUT2D eigenvalue weighted by Crippen LogP contribution is 2.22. The molecule has 0 saturated heterocycles. The van der Waals surface area contributed by atoms with Crippen LogP contribution >= 0.6 is 51.2 Å². The van der Waals surface area contributed by atoms with E-state index in [9.17, 15) is 0 Å². The van der Waals surface area contributed by atoms with Crippen molar-refractivity contribution in [1.82, 2.24) is 25.0 Å². The summed E-state index contributed by atoms with van der Waals surface area (Å²) in [5.74, 6) is 2.62. The van der Waals surface area contributed by atoms with Crippen LogP contribution in [0.3, 0.4) is 0 Å². The molecule has 0 spiro atoms. The largest absolute Gasteiger partial charge is 0.349 e. The van der Waals surface area contributed by atoms with Crippen molar-refractivity contribution in [2.24, 2.45) is 12.0 Å². The number of nitrogens with zero attached hydrogens (tertiary/aromatic N) is 5. The third kappa shape index (κ3) is 4.92. The van der Waals surface area contributed by atoms with Crippen molar-refractivity contribution in [2.75, 3.05) is 14.1 Å². The molecule has 2 heterocycles. The molecule has 2 aromatic rings. The Balaban J connectivity index is 0.00000242. The van der Waals surface area contributed by atoms with E-state index >= 15 is 0 Å². The smallest absolute Gasteiger partial charge is 0.194 e. The molecule has 0 amide bonds. The lowest BCUT2D eigenvalue weighted by Crippen LogP contribution is -2.38. The zero-order valence-electron chi connectivity index (χ0n) is 13.0. The number of halogens is 2. The van der Waals surface area contributed by atoms with E-state index in [1.54, 1.807) is 18.4 Å². The van der Waals surface area contributed by atoms with Crippen LogP contribution in [0.5, 0.6) is 0 Å². The molecule has 0 aliphatic heterocycles. The third-order valence-corrected chi connectivity index (χ3v) is 4.79. The number of guanidine groups is 1. The Kier molecular flexibility index (Phi) is 7.77. The fraction of sp³-hybridized carbons (Fsp3) is 0.462. The first-order chi connectivity index (χ1) is 10.0. The molecule has 0 bridgehead atoms. The van der Waals surface area contributed by atoms with Crippen LogP contribution in [0.15, 0.2) is 20.9 Å². The predicted octanol–water partition coefficient (Wildman–Crippen LogP) is 2.77. The minimum Gasteiger partial charge on any atom is -0.349 e. The van der Waals surface area contributed by atoms with Crippen LogP contribution in [0.2, 0.25) is 0 Å². The standard InChI is InChI=1S/C13H19BrN6S.HI/c1-9-17-18-12(20(9)4)7-16-13(15-2)19(3)8-10-5-6-11(14)21-10;/h5-6H,7-8H2,1-4H3,(H,15,16);1H. The van der Waals surface area contributed by atoms with Crippen molar-refractivity contribution in [1.29, 1.82) is 0 Å². The summed E-state index contributed by atoms with van der Waals surface area (Å²) in [5, 5.41) is 11.5. The highest BCUT2D eigenvalue weighted by Gasteiger charge is 2.10. The van der Waals surface area contributed by atoms with Crippen molar-refractivity contribution in [3.05, 3.63) is 32.4 Å². The van der Waals surface area contributed by atoms with E-state index in [-0.39, 0.29) is 24.0 Å². The summed E-state index contributed by atoms with van der Waals surface area (Å²) in [4.78, 5) is 7.67. The van der Waals surface area contributed by atoms with Crippen LogP contribution in [0.1, 0.15) is 16.5 Å². The van der Waals surface area contributed by atoms with Crippen molar-refractivity contribution >= 4 is 57.2 Å². The highest BCUT2D eigenvalue weighted by molar-refractivity contribution is 14.0. The lowest BCUT2D eigenvalue weighted by atomic mass is 10.4. The maximum Gasteiger partial charge on any atom is 0.194 e. The minimum atomic E-state index is 0. The summed E-state index contributed by atoms with van der Waals surface area (Å²) in [5.41, 5.74) is 0. The van der Waals surface area contributed by atoms with E-state index in [0.717, 1.165) is 27.9 Å². The Morgan fingerprint density at radius 2 is 2.18 bits per heavy atom. The Bertz CT molecular complexity index is 638. The summed E-state index contributed by atoms with van der Waals surface area (Å²) < 4.78 is 3.11. The van der Waals surface area contributed by atoms with Crippen LogP contribution in [-0.4, -0.2) is 39.7 Å². The average Bonchev–Trinajstić information content (AvgIpc) is 2.99. The van der Waals surface area contributed by atoms with Crippen molar-refractivity contribution in [3.63, 3.8) is 0 Å². The summed E-state index contributed by atoms with van der Waals surface area (Å²) in [6.07, 6.45) is 0. The minimum absolute atomic E-state index is 0. The number of nitrogens with one attached hydrogen (secondary N) is 1. The first kappa shape index (κ1) is 19.4. The molecular weight excluding hydrogens is 479 g/mol. The number of hydrogen-bond donors (Lipinski definition) is 1. The number of aromatic nitrogens is 3. The van der Waals surface area contributed by atoms with E-state index in [2.05, 4.69) is 53.5 Å². The van der Waals surface area contributed by atoms with E-state index in [4.69, 9.17) is 0 Å². The van der Waals surface area contributed by atoms with Gasteiger partial charge in [-0.3, -0.25) is 4.99 Å². The van der Waals surface area contributed by atoms with Gasteiger partial charge in [0.25, 0.3) is 0 Å². The SMILES string of the molecule is CN=C(NCc1nnc(C)n1C)N(C)Cc1ccc(Br)s1.I. The summed E-state index contributed by atoms with van der Waals surface area (Å²) in [6, 6.07) is 4.18. The Morgan fingerprint density at radius 3 is 2.68 bits per heavy atom. The van der Waals surface area contributed by atoms with Crippen molar-refractivity contribution < 1.29 is 0 Å². The molecule has 0 aliphatic carbocycles. The number of aliphatic imine (C=N–C) groups is 1. The molecular formula is C13H20BrIN6S. The molecule has 2 aromatic heterocycles. The van der Waals surface area contributed by atoms with Gasteiger partial charge in [-0.15, -0.1) is 45.5 Å². The molecule has 22 heavy (non-hydrogen) atoms. The van der Waals surface area contributed by atoms with E-state index in [1.165, 1.54) is 4.88 Å². The van der Waals surface area contributed by atoms with Crippen LogP contribution < -0.4 is 5.32 Å². The van der Waals surface area contributed by atoms with Crippen LogP contribution in [0.4, 0.5) is 0 Å². The van der Waals surface area contributed by atoms with E-state index in [0.29, 0.717) is 6.54 Å². The van der Waals surface area contributed by atoms with Gasteiger partial charge >= 0.3 is 0 Å². The molecule has 0 radical (unpaired) electrons. The fourth-order valence-electron chi connectivity index (χ4n) is 1.89. The van der Waals surface area contributed by atoms with Crippen molar-refractivity contribution in [2.45, 2.75) is 20.0 Å². The van der Waals surface area contributed by atoms with Crippen molar-refractivity contribution in [3.8, 4) is 0 Å². The molecule has 0 fully saturated rings. The zero-order valence-corrected chi connectivity index (χ0v) is 17.7. The molecule has 6 nitrogen and oxygen atoms in total. The van der Waals surface area contributed by atoms with Gasteiger partial charge in [0.05, 0.1) is 16.9 Å². The first-order valence-electron chi connectivity index (χ1n) is 6.52. The van der Waals surface area contributed by atoms with Crippen LogP contribution in [0.25, 0.3) is 0 Å². The second kappa shape index (κ2) is 8.82. The van der Waals surface area contributed by atoms with E-state index in [1.807, 2.05) is 25.6 Å². The second-order valence-electron chi connectivity index (χ2n) is 4.69. The van der Waals surface area contributed by atoms with Gasteiger partial charge in [-0.25, -0.2) is 0 Å². The fourth-order valence-corrected chi connectivity index (χ4v) is 3.43. The lowest BCUT2D eigenvalue weighted by Gasteiger charge is -2.21. The second-order valence-corrected chi connectivity index (χ2v) is 7.23. The molecule has 2 rings (SSSR count). The molecule has 0 aliphatic rings. The summed E-state index contributed by atoms with van der Waals surface area (Å²) in [7, 11) is 5.76. The Hall–Kier alpha value is -0.680. The Morgan fingerprint density at radius 1 is 1.45 bits per heavy atom. The number of hydrogen-bond acceptors (Lipinski definition) is 4. The lowest BCUT2D eigenvalue weighted by molar-refractivity contribution is 0.479. The Labute approximate surface area is 160 Å². The molecule has 1 N–H and O–H groups in total. The number of rotatable bonds is 4. The maximum absolute atomic E-state index is 4.31. The zero-order chi connectivity index (χ0) is 15.4. The van der Waals surface area contributed by atoms with Gasteiger partial charge in [-0.05, 0) is 35.0 Å². The van der Waals surface area contributed by atoms with Gasteiger partial charge in [0.2, 0.25) is 0 Å². The quantitative estimate of drug-likeness (QED) is 0.400. The van der Waals surface area contributed by atoms with Gasteiger partial charge < -0.3 is 14.8 Å². The average molecular weight is 499 g/mol. The van der Waals surface area contributed by atoms with Crippen LogP contribution in [-0.2, 0) is 20.1 Å². The van der Waals surface area contributed by atoms with Gasteiger partial charge in [0.15, 0.2) is 11.8 Å². The molecule has 0 atom stereocenters. The highest BCUT2D eigenvalue weighted by atomic mass is 127. The van der Waals surface area contributed by atoms with Gasteiger partial charge in [-0.1, -0.05) is 0 Å². The van der Waals surface area contributed by atoms with Crippen LogP contribution in [0, 0.1) is 6.92 Å². The molecule has 122 valence electrons. The van der Waals surface area contributed by atoms with Gasteiger partial charge in [0, 0.05) is 26.0 Å². The monoisotopic (exact) mass is 498 g/mol. The molecule has 0 saturated carbocycles. The predicted molar refractivity (Wildman–Crippen MR) is 105 cm³/mol. The topological polar surface area (TPSA) is 58.3 Å². The third-order valence-electron chi connectivity index (χ3n) is 3.18. The molecule has 9 heteroatoms. The molecule has 0 aromatic carbocycles. The van der Waals surface area contributed by atoms with Gasteiger partial charge in [-0.2, -0.15) is 0 Å². The maximum atomic E-state index is 4.31. The summed E-state index contributed by atoms with van der Waals surface area (Å²) in [6.45, 7) is 3.35. The number of thiophene rings is 1. The summed E-state index contributed by atoms with van der Waals surface area (Å²) >= 11 is 5.21. The number of aryl methyl sites for hydroxylation is 1. The van der Waals surface area contributed by atoms with E-state index < -0.39 is 0 Å².